The van der Waals surface area contributed by atoms with Gasteiger partial charge in [0.2, 0.25) is 0 Å². The third kappa shape index (κ3) is 4.67. The van der Waals surface area contributed by atoms with E-state index in [1.54, 1.807) is 0 Å². The minimum Gasteiger partial charge on any atom is -0.382 e. The van der Waals surface area contributed by atoms with Crippen LogP contribution in [0.4, 0.5) is 0 Å². The van der Waals surface area contributed by atoms with E-state index in [2.05, 4.69) is 30.9 Å². The van der Waals surface area contributed by atoms with Crippen LogP contribution in [0.2, 0.25) is 0 Å². The van der Waals surface area contributed by atoms with E-state index in [1.165, 1.54) is 31.6 Å². The SMILES string of the molecule is CCCN[C@H]1CS[C@@H](CCOCC)C1. The van der Waals surface area contributed by atoms with Crippen molar-refractivity contribution in [1.29, 1.82) is 0 Å². The largest absolute Gasteiger partial charge is 0.382 e. The molecule has 1 N–H and O–H groups in total. The lowest BCUT2D eigenvalue weighted by atomic mass is 10.1. The minimum atomic E-state index is 0.756. The summed E-state index contributed by atoms with van der Waals surface area (Å²) in [4.78, 5) is 0. The van der Waals surface area contributed by atoms with E-state index in [4.69, 9.17) is 4.74 Å². The summed E-state index contributed by atoms with van der Waals surface area (Å²) in [6.07, 6.45) is 3.80. The Hall–Kier alpha value is 0.270. The molecule has 0 aromatic heterocycles. The topological polar surface area (TPSA) is 21.3 Å². The fourth-order valence-corrected chi connectivity index (χ4v) is 3.15. The van der Waals surface area contributed by atoms with Crippen molar-refractivity contribution in [3.8, 4) is 0 Å². The van der Waals surface area contributed by atoms with E-state index in [0.717, 1.165) is 24.5 Å². The normalized spacial score (nSPS) is 27.0. The zero-order chi connectivity index (χ0) is 10.2. The van der Waals surface area contributed by atoms with Crippen molar-refractivity contribution in [2.45, 2.75) is 44.4 Å². The van der Waals surface area contributed by atoms with Gasteiger partial charge in [-0.3, -0.25) is 0 Å². The maximum absolute atomic E-state index is 5.38. The maximum atomic E-state index is 5.38. The Labute approximate surface area is 92.2 Å². The lowest BCUT2D eigenvalue weighted by molar-refractivity contribution is 0.144. The summed E-state index contributed by atoms with van der Waals surface area (Å²) in [5.41, 5.74) is 0. The first-order valence-electron chi connectivity index (χ1n) is 5.79. The average molecular weight is 217 g/mol. The van der Waals surface area contributed by atoms with Crippen molar-refractivity contribution in [2.24, 2.45) is 0 Å². The molecule has 3 heteroatoms. The molecule has 0 aromatic carbocycles. The first-order valence-corrected chi connectivity index (χ1v) is 6.84. The number of nitrogens with one attached hydrogen (secondary N) is 1. The molecule has 1 aliphatic heterocycles. The van der Waals surface area contributed by atoms with E-state index in [0.29, 0.717) is 0 Å². The predicted octanol–water partition coefficient (Wildman–Crippen LogP) is 2.29. The molecule has 0 bridgehead atoms. The molecule has 2 nitrogen and oxygen atoms in total. The summed E-state index contributed by atoms with van der Waals surface area (Å²) < 4.78 is 5.38. The second-order valence-corrected chi connectivity index (χ2v) is 5.16. The highest BCUT2D eigenvalue weighted by atomic mass is 32.2. The summed E-state index contributed by atoms with van der Waals surface area (Å²) in [6.45, 7) is 7.25. The molecule has 0 saturated carbocycles. The molecule has 84 valence electrons. The van der Waals surface area contributed by atoms with Crippen LogP contribution in [0.3, 0.4) is 0 Å². The van der Waals surface area contributed by atoms with Crippen molar-refractivity contribution in [3.05, 3.63) is 0 Å². The molecule has 0 spiro atoms. The monoisotopic (exact) mass is 217 g/mol. The van der Waals surface area contributed by atoms with Gasteiger partial charge in [0.1, 0.15) is 0 Å². The highest BCUT2D eigenvalue weighted by molar-refractivity contribution is 8.00. The number of thioether (sulfide) groups is 1. The standard InChI is InChI=1S/C11H23NOS/c1-3-6-12-10-8-11(14-9-10)5-7-13-4-2/h10-12H,3-9H2,1-2H3/t10-,11+/m1/s1. The molecule has 0 unspecified atom stereocenters. The first kappa shape index (κ1) is 12.3. The van der Waals surface area contributed by atoms with Gasteiger partial charge >= 0.3 is 0 Å². The predicted molar refractivity (Wildman–Crippen MR) is 64.1 cm³/mol. The van der Waals surface area contributed by atoms with Gasteiger partial charge in [-0.1, -0.05) is 6.92 Å². The quantitative estimate of drug-likeness (QED) is 0.661. The van der Waals surface area contributed by atoms with Crippen LogP contribution in [0.1, 0.15) is 33.1 Å². The summed E-state index contributed by atoms with van der Waals surface area (Å²) >= 11 is 2.11. The minimum absolute atomic E-state index is 0.756. The molecule has 0 aromatic rings. The highest BCUT2D eigenvalue weighted by Gasteiger charge is 2.23. The molecule has 1 fully saturated rings. The Kier molecular flexibility index (Phi) is 6.65. The lowest BCUT2D eigenvalue weighted by Gasteiger charge is -2.11. The number of hydrogen-bond donors (Lipinski definition) is 1. The zero-order valence-corrected chi connectivity index (χ0v) is 10.2. The average Bonchev–Trinajstić information content (AvgIpc) is 2.63. The second-order valence-electron chi connectivity index (χ2n) is 3.83. The van der Waals surface area contributed by atoms with Crippen LogP contribution in [0.5, 0.6) is 0 Å². The van der Waals surface area contributed by atoms with E-state index < -0.39 is 0 Å². The molecule has 0 aliphatic carbocycles. The zero-order valence-electron chi connectivity index (χ0n) is 9.42. The van der Waals surface area contributed by atoms with Crippen LogP contribution >= 0.6 is 11.8 Å². The number of hydrogen-bond acceptors (Lipinski definition) is 3. The molecule has 0 radical (unpaired) electrons. The van der Waals surface area contributed by atoms with E-state index in [1.807, 2.05) is 0 Å². The Morgan fingerprint density at radius 1 is 1.43 bits per heavy atom. The Morgan fingerprint density at radius 2 is 2.29 bits per heavy atom. The molecular formula is C11H23NOS. The third-order valence-electron chi connectivity index (χ3n) is 2.55. The van der Waals surface area contributed by atoms with Gasteiger partial charge in [-0.2, -0.15) is 11.8 Å². The molecule has 1 heterocycles. The van der Waals surface area contributed by atoms with Crippen molar-refractivity contribution in [2.75, 3.05) is 25.5 Å². The van der Waals surface area contributed by atoms with Crippen molar-refractivity contribution in [1.82, 2.24) is 5.32 Å². The summed E-state index contributed by atoms with van der Waals surface area (Å²) in [6, 6.07) is 0.756. The fraction of sp³-hybridized carbons (Fsp3) is 1.00. The van der Waals surface area contributed by atoms with Crippen molar-refractivity contribution in [3.63, 3.8) is 0 Å². The van der Waals surface area contributed by atoms with Gasteiger partial charge in [-0.05, 0) is 32.7 Å². The van der Waals surface area contributed by atoms with Gasteiger partial charge in [-0.15, -0.1) is 0 Å². The molecule has 0 amide bonds. The molecule has 1 aliphatic rings. The van der Waals surface area contributed by atoms with Crippen LogP contribution < -0.4 is 5.32 Å². The van der Waals surface area contributed by atoms with E-state index in [-0.39, 0.29) is 0 Å². The van der Waals surface area contributed by atoms with Gasteiger partial charge in [-0.25, -0.2) is 0 Å². The van der Waals surface area contributed by atoms with E-state index >= 15 is 0 Å². The second kappa shape index (κ2) is 7.55. The maximum Gasteiger partial charge on any atom is 0.0476 e. The molecule has 2 atom stereocenters. The van der Waals surface area contributed by atoms with Gasteiger partial charge in [0.15, 0.2) is 0 Å². The molecule has 1 saturated heterocycles. The van der Waals surface area contributed by atoms with Gasteiger partial charge < -0.3 is 10.1 Å². The van der Waals surface area contributed by atoms with Crippen LogP contribution in [0.15, 0.2) is 0 Å². The Morgan fingerprint density at radius 3 is 3.00 bits per heavy atom. The van der Waals surface area contributed by atoms with Crippen LogP contribution in [0.25, 0.3) is 0 Å². The number of rotatable bonds is 7. The molecule has 14 heavy (non-hydrogen) atoms. The summed E-state index contributed by atoms with van der Waals surface area (Å²) in [7, 11) is 0. The van der Waals surface area contributed by atoms with Crippen LogP contribution in [-0.4, -0.2) is 36.8 Å². The fourth-order valence-electron chi connectivity index (χ4n) is 1.76. The van der Waals surface area contributed by atoms with Crippen molar-refractivity contribution >= 4 is 11.8 Å². The smallest absolute Gasteiger partial charge is 0.0476 e. The molecular weight excluding hydrogens is 194 g/mol. The Balaban J connectivity index is 2.02. The van der Waals surface area contributed by atoms with Crippen LogP contribution in [0, 0.1) is 0 Å². The third-order valence-corrected chi connectivity index (χ3v) is 4.05. The van der Waals surface area contributed by atoms with Gasteiger partial charge in [0.05, 0.1) is 0 Å². The lowest BCUT2D eigenvalue weighted by Crippen LogP contribution is -2.29. The van der Waals surface area contributed by atoms with Gasteiger partial charge in [0.25, 0.3) is 0 Å². The van der Waals surface area contributed by atoms with Gasteiger partial charge in [0, 0.05) is 30.3 Å². The number of ether oxygens (including phenoxy) is 1. The first-order chi connectivity index (χ1) is 6.86. The van der Waals surface area contributed by atoms with Crippen LogP contribution in [-0.2, 0) is 4.74 Å². The summed E-state index contributed by atoms with van der Waals surface area (Å²) in [5.74, 6) is 1.29. The highest BCUT2D eigenvalue weighted by Crippen LogP contribution is 2.29. The van der Waals surface area contributed by atoms with Crippen molar-refractivity contribution < 1.29 is 4.74 Å². The Bertz CT molecular complexity index is 143. The van der Waals surface area contributed by atoms with E-state index in [9.17, 15) is 0 Å². The molecule has 1 rings (SSSR count). The summed E-state index contributed by atoms with van der Waals surface area (Å²) in [5, 5.41) is 4.42.